The molecule has 1 aromatic carbocycles. The average molecular weight is 397 g/mol. The number of ether oxygens (including phenoxy) is 2. The maximum absolute atomic E-state index is 11.3. The van der Waals surface area contributed by atoms with E-state index < -0.39 is 0 Å². The van der Waals surface area contributed by atoms with E-state index in [1.54, 1.807) is 6.92 Å². The lowest BCUT2D eigenvalue weighted by Crippen LogP contribution is -2.24. The fourth-order valence-electron chi connectivity index (χ4n) is 3.62. The Morgan fingerprint density at radius 2 is 2.00 bits per heavy atom. The Morgan fingerprint density at radius 1 is 1.24 bits per heavy atom. The largest absolute Gasteiger partial charge is 0.489 e. The lowest BCUT2D eigenvalue weighted by Gasteiger charge is -2.20. The molecule has 0 aliphatic carbocycles. The van der Waals surface area contributed by atoms with Crippen molar-refractivity contribution in [2.75, 3.05) is 18.0 Å². The van der Waals surface area contributed by atoms with Crippen LogP contribution in [-0.4, -0.2) is 36.1 Å². The van der Waals surface area contributed by atoms with E-state index in [9.17, 15) is 4.79 Å². The highest BCUT2D eigenvalue weighted by Crippen LogP contribution is 2.27. The first-order valence-electron chi connectivity index (χ1n) is 10.6. The minimum Gasteiger partial charge on any atom is -0.489 e. The van der Waals surface area contributed by atoms with Crippen LogP contribution in [0.4, 0.5) is 5.69 Å². The maximum atomic E-state index is 11.3. The number of carbonyl (C=O) groups excluding carboxylic acids is 1. The lowest BCUT2D eigenvalue weighted by molar-refractivity contribution is -0.117. The first-order chi connectivity index (χ1) is 13.9. The smallest absolute Gasteiger partial charge is 0.215 e. The monoisotopic (exact) mass is 396 g/mol. The van der Waals surface area contributed by atoms with E-state index in [4.69, 9.17) is 9.47 Å². The number of benzene rings is 1. The van der Waals surface area contributed by atoms with Gasteiger partial charge in [-0.15, -0.1) is 0 Å². The summed E-state index contributed by atoms with van der Waals surface area (Å²) in [5, 5.41) is 0. The SMILES string of the molecule is CCC(C)Oc1cc(N2CC[C@@H](Oc3ccc([C@H](C)CC(C)=O)cc3)C2)ccn1. The number of aromatic nitrogens is 1. The van der Waals surface area contributed by atoms with Gasteiger partial charge in [0, 0.05) is 37.3 Å². The van der Waals surface area contributed by atoms with Gasteiger partial charge in [-0.05, 0) is 49.9 Å². The number of ketones is 1. The summed E-state index contributed by atoms with van der Waals surface area (Å²) in [6.07, 6.45) is 4.63. The molecule has 0 bridgehead atoms. The Labute approximate surface area is 174 Å². The number of anilines is 1. The molecule has 156 valence electrons. The van der Waals surface area contributed by atoms with Crippen molar-refractivity contribution in [2.45, 2.75) is 65.1 Å². The second-order valence-corrected chi connectivity index (χ2v) is 8.04. The minimum atomic E-state index is 0.155. The molecule has 0 amide bonds. The van der Waals surface area contributed by atoms with Gasteiger partial charge in [-0.1, -0.05) is 26.0 Å². The van der Waals surface area contributed by atoms with Crippen molar-refractivity contribution in [1.29, 1.82) is 0 Å². The highest BCUT2D eigenvalue weighted by atomic mass is 16.5. The fraction of sp³-hybridized carbons (Fsp3) is 0.500. The Bertz CT molecular complexity index is 806. The normalized spacial score (nSPS) is 18.3. The molecule has 29 heavy (non-hydrogen) atoms. The summed E-state index contributed by atoms with van der Waals surface area (Å²) in [6, 6.07) is 12.2. The molecule has 2 heterocycles. The van der Waals surface area contributed by atoms with E-state index in [0.29, 0.717) is 12.3 Å². The van der Waals surface area contributed by atoms with Gasteiger partial charge >= 0.3 is 0 Å². The molecule has 1 aliphatic rings. The standard InChI is InChI=1S/C24H32N2O3/c1-5-19(4)28-24-15-21(10-12-25-24)26-13-11-23(16-26)29-22-8-6-20(7-9-22)17(2)14-18(3)27/h6-10,12,15,17,19,23H,5,11,13-14,16H2,1-4H3/t17-,19?,23-/m1/s1. The van der Waals surface area contributed by atoms with Crippen molar-refractivity contribution in [2.24, 2.45) is 0 Å². The molecule has 1 unspecified atom stereocenters. The third-order valence-corrected chi connectivity index (χ3v) is 5.47. The van der Waals surface area contributed by atoms with Crippen molar-refractivity contribution in [1.82, 2.24) is 4.98 Å². The van der Waals surface area contributed by atoms with Crippen LogP contribution in [0, 0.1) is 0 Å². The van der Waals surface area contributed by atoms with Crippen LogP contribution in [-0.2, 0) is 4.79 Å². The number of pyridine rings is 1. The highest BCUT2D eigenvalue weighted by Gasteiger charge is 2.25. The van der Waals surface area contributed by atoms with E-state index in [2.05, 4.69) is 42.8 Å². The van der Waals surface area contributed by atoms with Crippen LogP contribution in [0.5, 0.6) is 11.6 Å². The minimum absolute atomic E-state index is 0.155. The molecule has 2 aromatic rings. The molecule has 3 atom stereocenters. The summed E-state index contributed by atoms with van der Waals surface area (Å²) in [5.41, 5.74) is 2.30. The third-order valence-electron chi connectivity index (χ3n) is 5.47. The first kappa shape index (κ1) is 21.2. The third kappa shape index (κ3) is 5.96. The van der Waals surface area contributed by atoms with E-state index in [0.717, 1.165) is 37.4 Å². The average Bonchev–Trinajstić information content (AvgIpc) is 3.16. The lowest BCUT2D eigenvalue weighted by atomic mass is 9.96. The molecule has 1 fully saturated rings. The van der Waals surface area contributed by atoms with Crippen LogP contribution in [0.2, 0.25) is 0 Å². The van der Waals surface area contributed by atoms with Gasteiger partial charge in [-0.25, -0.2) is 4.98 Å². The second kappa shape index (κ2) is 9.77. The molecule has 3 rings (SSSR count). The first-order valence-corrected chi connectivity index (χ1v) is 10.6. The Morgan fingerprint density at radius 3 is 2.69 bits per heavy atom. The number of hydrogen-bond acceptors (Lipinski definition) is 5. The van der Waals surface area contributed by atoms with E-state index in [1.807, 2.05) is 30.5 Å². The van der Waals surface area contributed by atoms with Crippen LogP contribution in [0.25, 0.3) is 0 Å². The zero-order valence-corrected chi connectivity index (χ0v) is 17.9. The maximum Gasteiger partial charge on any atom is 0.215 e. The Balaban J connectivity index is 1.56. The molecular formula is C24H32N2O3. The zero-order chi connectivity index (χ0) is 20.8. The van der Waals surface area contributed by atoms with Crippen molar-refractivity contribution >= 4 is 11.5 Å². The molecular weight excluding hydrogens is 364 g/mol. The number of carbonyl (C=O) groups is 1. The topological polar surface area (TPSA) is 51.7 Å². The van der Waals surface area contributed by atoms with E-state index >= 15 is 0 Å². The summed E-state index contributed by atoms with van der Waals surface area (Å²) >= 11 is 0. The van der Waals surface area contributed by atoms with Crippen LogP contribution in [0.3, 0.4) is 0 Å². The second-order valence-electron chi connectivity index (χ2n) is 8.04. The molecule has 0 saturated carbocycles. The summed E-state index contributed by atoms with van der Waals surface area (Å²) < 4.78 is 12.1. The van der Waals surface area contributed by atoms with Crippen LogP contribution in [0.15, 0.2) is 42.6 Å². The molecule has 0 radical (unpaired) electrons. The van der Waals surface area contributed by atoms with Crippen molar-refractivity contribution in [3.8, 4) is 11.6 Å². The van der Waals surface area contributed by atoms with Crippen molar-refractivity contribution in [3.05, 3.63) is 48.2 Å². The molecule has 5 nitrogen and oxygen atoms in total. The van der Waals surface area contributed by atoms with Crippen molar-refractivity contribution in [3.63, 3.8) is 0 Å². The summed E-state index contributed by atoms with van der Waals surface area (Å²) in [7, 11) is 0. The molecule has 1 saturated heterocycles. The molecule has 0 N–H and O–H groups in total. The van der Waals surface area contributed by atoms with Crippen LogP contribution < -0.4 is 14.4 Å². The zero-order valence-electron chi connectivity index (χ0n) is 17.9. The van der Waals surface area contributed by atoms with Crippen LogP contribution >= 0.6 is 0 Å². The summed E-state index contributed by atoms with van der Waals surface area (Å²) in [4.78, 5) is 18.0. The number of nitrogens with zero attached hydrogens (tertiary/aromatic N) is 2. The number of hydrogen-bond donors (Lipinski definition) is 0. The van der Waals surface area contributed by atoms with Gasteiger partial charge < -0.3 is 19.2 Å². The highest BCUT2D eigenvalue weighted by molar-refractivity contribution is 5.76. The number of Topliss-reactive ketones (excluding diaryl/α,β-unsaturated/α-hetero) is 1. The van der Waals surface area contributed by atoms with Gasteiger partial charge in [0.05, 0.1) is 12.6 Å². The molecule has 5 heteroatoms. The van der Waals surface area contributed by atoms with Gasteiger partial charge in [0.25, 0.3) is 0 Å². The predicted octanol–water partition coefficient (Wildman–Crippen LogP) is 5.00. The number of rotatable bonds is 9. The van der Waals surface area contributed by atoms with Crippen LogP contribution in [0.1, 0.15) is 58.4 Å². The van der Waals surface area contributed by atoms with Crippen molar-refractivity contribution < 1.29 is 14.3 Å². The molecule has 1 aliphatic heterocycles. The quantitative estimate of drug-likeness (QED) is 0.597. The van der Waals surface area contributed by atoms with Gasteiger partial charge in [-0.3, -0.25) is 0 Å². The Kier molecular flexibility index (Phi) is 7.13. The van der Waals surface area contributed by atoms with E-state index in [1.165, 1.54) is 5.56 Å². The fourth-order valence-corrected chi connectivity index (χ4v) is 3.62. The molecule has 1 aromatic heterocycles. The summed E-state index contributed by atoms with van der Waals surface area (Å²) in [6.45, 7) is 9.68. The van der Waals surface area contributed by atoms with Gasteiger partial charge in [0.15, 0.2) is 0 Å². The predicted molar refractivity (Wildman–Crippen MR) is 116 cm³/mol. The van der Waals surface area contributed by atoms with Gasteiger partial charge in [0.1, 0.15) is 17.6 Å². The van der Waals surface area contributed by atoms with Gasteiger partial charge in [0.2, 0.25) is 5.88 Å². The summed E-state index contributed by atoms with van der Waals surface area (Å²) in [5.74, 6) is 2.02. The van der Waals surface area contributed by atoms with Gasteiger partial charge in [-0.2, -0.15) is 0 Å². The van der Waals surface area contributed by atoms with E-state index in [-0.39, 0.29) is 23.9 Å². The Hall–Kier alpha value is -2.56. The molecule has 0 spiro atoms.